The number of hydrogen-bond donors (Lipinski definition) is 7. The number of carboxylic acid groups (broad SMARTS) is 1. The van der Waals surface area contributed by atoms with Crippen molar-refractivity contribution < 1.29 is 24.3 Å². The minimum absolute atomic E-state index is 0.0460. The maximum absolute atomic E-state index is 13.1. The van der Waals surface area contributed by atoms with Gasteiger partial charge in [-0.25, -0.2) is 4.79 Å². The number of benzene rings is 1. The summed E-state index contributed by atoms with van der Waals surface area (Å²) in [5.41, 5.74) is 1.64. The van der Waals surface area contributed by atoms with Crippen LogP contribution in [0.4, 0.5) is 0 Å². The van der Waals surface area contributed by atoms with Crippen LogP contribution in [0, 0.1) is 5.92 Å². The Balaban J connectivity index is 1.67. The molecule has 36 heavy (non-hydrogen) atoms. The van der Waals surface area contributed by atoms with Gasteiger partial charge in [0, 0.05) is 29.3 Å². The molecule has 10 nitrogen and oxygen atoms in total. The van der Waals surface area contributed by atoms with Gasteiger partial charge in [-0.2, -0.15) is 12.6 Å². The number of aromatic nitrogens is 1. The molecule has 1 aliphatic rings. The average molecular weight is 518 g/mol. The van der Waals surface area contributed by atoms with Crippen molar-refractivity contribution in [2.24, 2.45) is 5.92 Å². The lowest BCUT2D eigenvalue weighted by atomic mass is 10.0. The number of rotatable bonds is 12. The van der Waals surface area contributed by atoms with E-state index in [0.717, 1.165) is 29.4 Å². The fraction of sp³-hybridized carbons (Fsp3) is 0.520. The first-order chi connectivity index (χ1) is 17.2. The summed E-state index contributed by atoms with van der Waals surface area (Å²) in [5, 5.41) is 21.7. The molecule has 3 rings (SSSR count). The lowest BCUT2D eigenvalue weighted by Crippen LogP contribution is -2.58. The first kappa shape index (κ1) is 27.5. The number of para-hydroxylation sites is 1. The topological polar surface area (TPSA) is 152 Å². The molecule has 1 fully saturated rings. The van der Waals surface area contributed by atoms with E-state index in [-0.39, 0.29) is 30.0 Å². The molecular formula is C25H35N5O5S. The van der Waals surface area contributed by atoms with Crippen molar-refractivity contribution in [3.8, 4) is 0 Å². The van der Waals surface area contributed by atoms with E-state index >= 15 is 0 Å². The molecule has 4 unspecified atom stereocenters. The number of fused-ring (bicyclic) bond motifs is 1. The first-order valence-electron chi connectivity index (χ1n) is 12.2. The fourth-order valence-corrected chi connectivity index (χ4v) is 4.60. The van der Waals surface area contributed by atoms with Crippen molar-refractivity contribution in [1.82, 2.24) is 26.3 Å². The van der Waals surface area contributed by atoms with Gasteiger partial charge in [0.15, 0.2) is 0 Å². The second-order valence-corrected chi connectivity index (χ2v) is 9.91. The Hall–Kier alpha value is -3.05. The third-order valence-electron chi connectivity index (χ3n) is 6.25. The van der Waals surface area contributed by atoms with E-state index in [1.807, 2.05) is 38.1 Å². The fourth-order valence-electron chi connectivity index (χ4n) is 4.34. The van der Waals surface area contributed by atoms with Crippen LogP contribution in [0.3, 0.4) is 0 Å². The molecule has 0 bridgehead atoms. The van der Waals surface area contributed by atoms with Crippen LogP contribution in [0.2, 0.25) is 0 Å². The smallest absolute Gasteiger partial charge is 0.326 e. The number of aromatic amines is 1. The van der Waals surface area contributed by atoms with Crippen LogP contribution in [-0.4, -0.2) is 70.2 Å². The van der Waals surface area contributed by atoms with Gasteiger partial charge < -0.3 is 31.4 Å². The van der Waals surface area contributed by atoms with Gasteiger partial charge >= 0.3 is 5.97 Å². The minimum Gasteiger partial charge on any atom is -0.480 e. The summed E-state index contributed by atoms with van der Waals surface area (Å²) < 4.78 is 0. The maximum Gasteiger partial charge on any atom is 0.326 e. The van der Waals surface area contributed by atoms with E-state index in [9.17, 15) is 24.3 Å². The zero-order valence-corrected chi connectivity index (χ0v) is 21.4. The molecule has 3 amide bonds. The highest BCUT2D eigenvalue weighted by atomic mass is 32.1. The van der Waals surface area contributed by atoms with Gasteiger partial charge in [-0.05, 0) is 43.4 Å². The number of H-pyrrole nitrogens is 1. The minimum atomic E-state index is -1.18. The van der Waals surface area contributed by atoms with Crippen LogP contribution in [-0.2, 0) is 25.6 Å². The van der Waals surface area contributed by atoms with E-state index in [1.54, 1.807) is 6.20 Å². The Bertz CT molecular complexity index is 1080. The Morgan fingerprint density at radius 2 is 1.75 bits per heavy atom. The molecule has 0 radical (unpaired) electrons. The van der Waals surface area contributed by atoms with Crippen molar-refractivity contribution in [3.05, 3.63) is 36.0 Å². The number of nitrogens with one attached hydrogen (secondary N) is 5. The summed E-state index contributed by atoms with van der Waals surface area (Å²) in [6.07, 6.45) is 3.69. The third-order valence-corrected chi connectivity index (χ3v) is 6.61. The molecule has 0 aliphatic carbocycles. The molecule has 2 heterocycles. The summed E-state index contributed by atoms with van der Waals surface area (Å²) >= 11 is 4.20. The Morgan fingerprint density at radius 3 is 2.39 bits per heavy atom. The number of amides is 3. The number of aliphatic carboxylic acids is 1. The molecule has 2 aromatic rings. The summed E-state index contributed by atoms with van der Waals surface area (Å²) in [6.45, 7) is 4.54. The zero-order valence-electron chi connectivity index (χ0n) is 20.5. The molecule has 11 heteroatoms. The normalized spacial score (nSPS) is 17.9. The van der Waals surface area contributed by atoms with Crippen LogP contribution < -0.4 is 21.3 Å². The van der Waals surface area contributed by atoms with Crippen molar-refractivity contribution >= 4 is 47.2 Å². The lowest BCUT2D eigenvalue weighted by molar-refractivity contribution is -0.142. The van der Waals surface area contributed by atoms with Crippen LogP contribution in [0.5, 0.6) is 0 Å². The second-order valence-electron chi connectivity index (χ2n) is 9.55. The highest BCUT2D eigenvalue weighted by Gasteiger charge is 2.31. The summed E-state index contributed by atoms with van der Waals surface area (Å²) in [6, 6.07) is 4.09. The monoisotopic (exact) mass is 517 g/mol. The molecule has 0 saturated carbocycles. The van der Waals surface area contributed by atoms with Gasteiger partial charge in [0.25, 0.3) is 0 Å². The predicted octanol–water partition coefficient (Wildman–Crippen LogP) is 0.977. The summed E-state index contributed by atoms with van der Waals surface area (Å²) in [7, 11) is 0. The molecule has 4 atom stereocenters. The average Bonchev–Trinajstić information content (AvgIpc) is 3.52. The molecule has 1 saturated heterocycles. The molecule has 196 valence electrons. The second kappa shape index (κ2) is 12.8. The van der Waals surface area contributed by atoms with E-state index < -0.39 is 35.9 Å². The zero-order chi connectivity index (χ0) is 26.2. The standard InChI is InChI=1S/C25H35N5O5S/c1-14(2)10-19(28-24(33)21(13-36)30-22(31)18-8-5-9-26-18)23(32)29-20(25(34)35)11-15-12-27-17-7-4-3-6-16(15)17/h3-4,6-7,12,14,18-21,26-27,36H,5,8-11,13H2,1-2H3,(H,28,33)(H,29,32)(H,30,31)(H,34,35). The number of hydrogen-bond acceptors (Lipinski definition) is 6. The van der Waals surface area contributed by atoms with E-state index in [1.165, 1.54) is 0 Å². The van der Waals surface area contributed by atoms with E-state index in [2.05, 4.69) is 38.9 Å². The maximum atomic E-state index is 13.1. The van der Waals surface area contributed by atoms with Crippen LogP contribution in [0.15, 0.2) is 30.5 Å². The summed E-state index contributed by atoms with van der Waals surface area (Å²) in [4.78, 5) is 53.6. The Kier molecular flexibility index (Phi) is 9.77. The Labute approximate surface area is 215 Å². The van der Waals surface area contributed by atoms with Crippen LogP contribution in [0.25, 0.3) is 10.9 Å². The molecule has 0 spiro atoms. The number of carbonyl (C=O) groups is 4. The third kappa shape index (κ3) is 7.23. The van der Waals surface area contributed by atoms with Gasteiger partial charge in [-0.3, -0.25) is 14.4 Å². The van der Waals surface area contributed by atoms with Gasteiger partial charge in [0.05, 0.1) is 6.04 Å². The van der Waals surface area contributed by atoms with Gasteiger partial charge in [-0.15, -0.1) is 0 Å². The van der Waals surface area contributed by atoms with Gasteiger partial charge in [-0.1, -0.05) is 32.0 Å². The van der Waals surface area contributed by atoms with Gasteiger partial charge in [0.1, 0.15) is 18.1 Å². The number of carbonyl (C=O) groups excluding carboxylic acids is 3. The molecule has 1 aliphatic heterocycles. The van der Waals surface area contributed by atoms with Crippen molar-refractivity contribution in [2.75, 3.05) is 12.3 Å². The highest BCUT2D eigenvalue weighted by molar-refractivity contribution is 7.80. The number of thiol groups is 1. The molecule has 6 N–H and O–H groups in total. The van der Waals surface area contributed by atoms with E-state index in [0.29, 0.717) is 12.8 Å². The van der Waals surface area contributed by atoms with Crippen molar-refractivity contribution in [3.63, 3.8) is 0 Å². The largest absolute Gasteiger partial charge is 0.480 e. The molecule has 1 aromatic carbocycles. The number of carboxylic acids is 1. The summed E-state index contributed by atoms with van der Waals surface area (Å²) in [5.74, 6) is -2.49. The quantitative estimate of drug-likeness (QED) is 0.208. The Morgan fingerprint density at radius 1 is 1.06 bits per heavy atom. The predicted molar refractivity (Wildman–Crippen MR) is 140 cm³/mol. The van der Waals surface area contributed by atoms with Crippen LogP contribution >= 0.6 is 12.6 Å². The van der Waals surface area contributed by atoms with Gasteiger partial charge in [0.2, 0.25) is 17.7 Å². The van der Waals surface area contributed by atoms with Crippen molar-refractivity contribution in [2.45, 2.75) is 63.7 Å². The highest BCUT2D eigenvalue weighted by Crippen LogP contribution is 2.19. The van der Waals surface area contributed by atoms with E-state index in [4.69, 9.17) is 0 Å². The molecule has 1 aromatic heterocycles. The lowest BCUT2D eigenvalue weighted by Gasteiger charge is -2.25. The molecular weight excluding hydrogens is 482 g/mol. The van der Waals surface area contributed by atoms with Crippen LogP contribution in [0.1, 0.15) is 38.7 Å². The van der Waals surface area contributed by atoms with Crippen molar-refractivity contribution in [1.29, 1.82) is 0 Å². The first-order valence-corrected chi connectivity index (χ1v) is 12.9. The SMILES string of the molecule is CC(C)CC(NC(=O)C(CS)NC(=O)C1CCCN1)C(=O)NC(Cc1c[nH]c2ccccc12)C(=O)O.